The highest BCUT2D eigenvalue weighted by molar-refractivity contribution is 6.07. The van der Waals surface area contributed by atoms with Gasteiger partial charge in [-0.2, -0.15) is 0 Å². The summed E-state index contributed by atoms with van der Waals surface area (Å²) in [7, 11) is 1.58. The van der Waals surface area contributed by atoms with E-state index in [1.165, 1.54) is 0 Å². The third-order valence-electron chi connectivity index (χ3n) is 8.36. The van der Waals surface area contributed by atoms with E-state index in [2.05, 4.69) is 22.6 Å². The minimum atomic E-state index is -1.03. The fourth-order valence-electron chi connectivity index (χ4n) is 6.13. The second-order valence-electron chi connectivity index (χ2n) is 11.1. The molecular weight excluding hydrogens is 546 g/mol. The second kappa shape index (κ2) is 12.0. The Kier molecular flexibility index (Phi) is 7.96. The number of rotatable bonds is 10. The van der Waals surface area contributed by atoms with Crippen LogP contribution in [0.1, 0.15) is 46.9 Å². The van der Waals surface area contributed by atoms with Crippen LogP contribution >= 0.6 is 0 Å². The van der Waals surface area contributed by atoms with E-state index < -0.39 is 5.60 Å². The third kappa shape index (κ3) is 5.51. The Balaban J connectivity index is 1.14. The van der Waals surface area contributed by atoms with E-state index in [9.17, 15) is 9.59 Å². The molecule has 2 N–H and O–H groups in total. The lowest BCUT2D eigenvalue weighted by molar-refractivity contribution is -0.146. The minimum Gasteiger partial charge on any atom is -0.497 e. The normalized spacial score (nSPS) is 20.9. The van der Waals surface area contributed by atoms with Gasteiger partial charge in [-0.05, 0) is 60.9 Å². The van der Waals surface area contributed by atoms with Gasteiger partial charge in [0, 0.05) is 48.5 Å². The van der Waals surface area contributed by atoms with Crippen molar-refractivity contribution in [2.24, 2.45) is 5.92 Å². The molecule has 2 amide bonds. The van der Waals surface area contributed by atoms with Crippen molar-refractivity contribution in [3.8, 4) is 5.75 Å². The van der Waals surface area contributed by atoms with Gasteiger partial charge in [0.25, 0.3) is 11.8 Å². The molecule has 3 aromatic carbocycles. The molecule has 0 aliphatic carbocycles. The van der Waals surface area contributed by atoms with Crippen LogP contribution in [-0.2, 0) is 34.6 Å². The first kappa shape index (κ1) is 28.6. The molecule has 0 saturated carbocycles. The lowest BCUT2D eigenvalue weighted by Crippen LogP contribution is -2.43. The van der Waals surface area contributed by atoms with Gasteiger partial charge in [-0.1, -0.05) is 42.5 Å². The molecule has 0 radical (unpaired) electrons. The van der Waals surface area contributed by atoms with Crippen molar-refractivity contribution in [1.29, 1.82) is 0 Å². The van der Waals surface area contributed by atoms with E-state index in [4.69, 9.17) is 14.6 Å². The number of anilines is 2. The molecule has 0 unspecified atom stereocenters. The van der Waals surface area contributed by atoms with Crippen molar-refractivity contribution in [2.75, 3.05) is 23.9 Å². The maximum absolute atomic E-state index is 14.2. The summed E-state index contributed by atoms with van der Waals surface area (Å²) in [4.78, 5) is 28.7. The van der Waals surface area contributed by atoms with E-state index in [0.29, 0.717) is 42.9 Å². The minimum absolute atomic E-state index is 0.00705. The van der Waals surface area contributed by atoms with E-state index in [1.807, 2.05) is 59.6 Å². The Labute approximate surface area is 250 Å². The molecule has 0 bridgehead atoms. The fraction of sp³-hybridized carbons (Fsp3) is 0.333. The SMILES string of the molecule is COc1ccc(C(=O)Nc2ccc(CN3C(=O)[C@@]4(O[C@@H](CCn5cc(CCO)nn5)C[C@H]4C)c4ccccc43)cc2)cc1. The molecule has 222 valence electrons. The van der Waals surface area contributed by atoms with Crippen LogP contribution < -0.4 is 15.0 Å². The highest BCUT2D eigenvalue weighted by atomic mass is 16.5. The van der Waals surface area contributed by atoms with Crippen LogP contribution in [0.15, 0.2) is 79.0 Å². The van der Waals surface area contributed by atoms with Crippen molar-refractivity contribution in [3.63, 3.8) is 0 Å². The zero-order valence-corrected chi connectivity index (χ0v) is 24.3. The number of hydrogen-bond donors (Lipinski definition) is 2. The van der Waals surface area contributed by atoms with Crippen LogP contribution in [-0.4, -0.2) is 51.7 Å². The summed E-state index contributed by atoms with van der Waals surface area (Å²) >= 11 is 0. The summed E-state index contributed by atoms with van der Waals surface area (Å²) in [5, 5.41) is 20.3. The molecule has 43 heavy (non-hydrogen) atoms. The van der Waals surface area contributed by atoms with E-state index in [1.54, 1.807) is 36.1 Å². The smallest absolute Gasteiger partial charge is 0.264 e. The molecule has 3 heterocycles. The number of benzene rings is 3. The first-order chi connectivity index (χ1) is 20.9. The Morgan fingerprint density at radius 1 is 1.12 bits per heavy atom. The number of amides is 2. The predicted octanol–water partition coefficient (Wildman–Crippen LogP) is 4.33. The molecule has 4 aromatic rings. The average molecular weight is 582 g/mol. The van der Waals surface area contributed by atoms with Crippen molar-refractivity contribution < 1.29 is 24.2 Å². The number of carbonyl (C=O) groups is 2. The molecule has 10 nitrogen and oxygen atoms in total. The average Bonchev–Trinajstić information content (AvgIpc) is 3.69. The highest BCUT2D eigenvalue weighted by Gasteiger charge is 2.59. The number of aliphatic hydroxyl groups is 1. The van der Waals surface area contributed by atoms with Crippen molar-refractivity contribution in [2.45, 2.75) is 51.0 Å². The van der Waals surface area contributed by atoms with Crippen LogP contribution in [0.3, 0.4) is 0 Å². The zero-order chi connectivity index (χ0) is 30.0. The van der Waals surface area contributed by atoms with Gasteiger partial charge in [0.1, 0.15) is 5.75 Å². The number of para-hydroxylation sites is 1. The topological polar surface area (TPSA) is 119 Å². The van der Waals surface area contributed by atoms with Gasteiger partial charge in [0.05, 0.1) is 31.1 Å². The van der Waals surface area contributed by atoms with Gasteiger partial charge in [-0.15, -0.1) is 5.10 Å². The molecular formula is C33H35N5O5. The summed E-state index contributed by atoms with van der Waals surface area (Å²) < 4.78 is 13.6. The van der Waals surface area contributed by atoms with Crippen LogP contribution in [0.5, 0.6) is 5.75 Å². The standard InChI is InChI=1S/C33H35N5O5/c1-22-19-28(15-17-37-21-26(16-18-39)35-36-37)43-33(22)29-5-3-4-6-30(29)38(32(33)41)20-23-7-11-25(12-8-23)34-31(40)24-9-13-27(42-2)14-10-24/h3-14,21-22,28,39H,15-20H2,1-2H3,(H,34,40)/t22-,28+,33+/m1/s1. The number of methoxy groups -OCH3 is 1. The number of hydrogen-bond acceptors (Lipinski definition) is 7. The van der Waals surface area contributed by atoms with Crippen molar-refractivity contribution >= 4 is 23.2 Å². The Bertz CT molecular complexity index is 1600. The molecule has 10 heteroatoms. The number of nitrogens with one attached hydrogen (secondary N) is 1. The number of ether oxygens (including phenoxy) is 2. The van der Waals surface area contributed by atoms with Crippen LogP contribution in [0.4, 0.5) is 11.4 Å². The lowest BCUT2D eigenvalue weighted by atomic mass is 9.83. The van der Waals surface area contributed by atoms with Crippen molar-refractivity contribution in [1.82, 2.24) is 15.0 Å². The number of aromatic nitrogens is 3. The van der Waals surface area contributed by atoms with Gasteiger partial charge in [-0.25, -0.2) is 0 Å². The Morgan fingerprint density at radius 2 is 1.88 bits per heavy atom. The number of carbonyl (C=O) groups excluding carboxylic acids is 2. The zero-order valence-electron chi connectivity index (χ0n) is 24.3. The van der Waals surface area contributed by atoms with Crippen LogP contribution in [0.25, 0.3) is 0 Å². The summed E-state index contributed by atoms with van der Waals surface area (Å²) in [5.74, 6) is 0.421. The molecule has 6 rings (SSSR count). The fourth-order valence-corrected chi connectivity index (χ4v) is 6.13. The highest BCUT2D eigenvalue weighted by Crippen LogP contribution is 2.53. The maximum atomic E-state index is 14.2. The molecule has 1 saturated heterocycles. The van der Waals surface area contributed by atoms with Gasteiger partial charge in [0.15, 0.2) is 5.60 Å². The maximum Gasteiger partial charge on any atom is 0.264 e. The van der Waals surface area contributed by atoms with Gasteiger partial charge >= 0.3 is 0 Å². The first-order valence-corrected chi connectivity index (χ1v) is 14.5. The Morgan fingerprint density at radius 3 is 2.63 bits per heavy atom. The quantitative estimate of drug-likeness (QED) is 0.286. The van der Waals surface area contributed by atoms with Gasteiger partial charge < -0.3 is 24.8 Å². The summed E-state index contributed by atoms with van der Waals surface area (Å²) in [5.41, 5.74) is 3.63. The molecule has 1 spiro atoms. The van der Waals surface area contributed by atoms with Crippen molar-refractivity contribution in [3.05, 3.63) is 101 Å². The first-order valence-electron chi connectivity index (χ1n) is 14.5. The molecule has 2 aliphatic rings. The third-order valence-corrected chi connectivity index (χ3v) is 8.36. The van der Waals surface area contributed by atoms with E-state index >= 15 is 0 Å². The Hall–Kier alpha value is -4.54. The number of aliphatic hydroxyl groups excluding tert-OH is 1. The van der Waals surface area contributed by atoms with Crippen LogP contribution in [0.2, 0.25) is 0 Å². The summed E-state index contributed by atoms with van der Waals surface area (Å²) in [6.45, 7) is 3.13. The number of fused-ring (bicyclic) bond motifs is 2. The van der Waals surface area contributed by atoms with Crippen LogP contribution in [0, 0.1) is 5.92 Å². The number of nitrogens with zero attached hydrogens (tertiary/aromatic N) is 4. The summed E-state index contributed by atoms with van der Waals surface area (Å²) in [6, 6.07) is 22.4. The van der Waals surface area contributed by atoms with E-state index in [-0.39, 0.29) is 30.4 Å². The lowest BCUT2D eigenvalue weighted by Gasteiger charge is -2.28. The molecule has 1 fully saturated rings. The number of aryl methyl sites for hydroxylation is 1. The summed E-state index contributed by atoms with van der Waals surface area (Å²) in [6.07, 6.45) is 3.67. The van der Waals surface area contributed by atoms with E-state index in [0.717, 1.165) is 28.9 Å². The molecule has 2 aliphatic heterocycles. The second-order valence-corrected chi connectivity index (χ2v) is 11.1. The molecule has 1 aromatic heterocycles. The predicted molar refractivity (Wildman–Crippen MR) is 161 cm³/mol. The monoisotopic (exact) mass is 581 g/mol. The van der Waals surface area contributed by atoms with Gasteiger partial charge in [0.2, 0.25) is 0 Å². The molecule has 3 atom stereocenters. The largest absolute Gasteiger partial charge is 0.497 e. The van der Waals surface area contributed by atoms with Gasteiger partial charge in [-0.3, -0.25) is 14.3 Å².